The number of pyridine rings is 1. The average Bonchev–Trinajstić information content (AvgIpc) is 2.47. The first kappa shape index (κ1) is 13.7. The largest absolute Gasteiger partial charge is 0.396 e. The van der Waals surface area contributed by atoms with E-state index in [4.69, 9.17) is 11.5 Å². The number of fused-ring (bicyclic) bond motifs is 1. The molecule has 1 aromatic heterocycles. The third-order valence-corrected chi connectivity index (χ3v) is 4.28. The first-order valence-electron chi connectivity index (χ1n) is 7.15. The Hall–Kier alpha value is -2.31. The molecule has 2 fully saturated rings. The summed E-state index contributed by atoms with van der Waals surface area (Å²) in [6, 6.07) is 3.44. The number of carbonyl (C=O) groups is 2. The zero-order valence-electron chi connectivity index (χ0n) is 11.7. The molecular weight excluding hydrogens is 270 g/mol. The van der Waals surface area contributed by atoms with Gasteiger partial charge in [-0.25, -0.2) is 4.98 Å². The third-order valence-electron chi connectivity index (χ3n) is 4.28. The van der Waals surface area contributed by atoms with Crippen molar-refractivity contribution in [3.63, 3.8) is 0 Å². The van der Waals surface area contributed by atoms with Gasteiger partial charge in [-0.05, 0) is 30.9 Å². The number of nitrogens with zero attached hydrogens (tertiary/aromatic N) is 2. The van der Waals surface area contributed by atoms with Crippen LogP contribution >= 0.6 is 0 Å². The fourth-order valence-corrected chi connectivity index (χ4v) is 3.15. The van der Waals surface area contributed by atoms with E-state index in [9.17, 15) is 9.59 Å². The second-order valence-electron chi connectivity index (χ2n) is 5.68. The number of nitrogen functional groups attached to an aromatic ring is 1. The predicted molar refractivity (Wildman–Crippen MR) is 78.7 cm³/mol. The van der Waals surface area contributed by atoms with E-state index in [1.165, 1.54) is 6.07 Å². The summed E-state index contributed by atoms with van der Waals surface area (Å²) in [5.41, 5.74) is 12.0. The Morgan fingerprint density at radius 1 is 1.38 bits per heavy atom. The minimum Gasteiger partial charge on any atom is -0.396 e. The van der Waals surface area contributed by atoms with E-state index < -0.39 is 5.91 Å². The molecule has 2 aliphatic rings. The maximum atomic E-state index is 11.4. The molecule has 3 rings (SSSR count). The molecule has 0 spiro atoms. The zero-order chi connectivity index (χ0) is 15.0. The number of piperidine rings is 2. The molecule has 5 N–H and O–H groups in total. The van der Waals surface area contributed by atoms with Crippen LogP contribution in [0.3, 0.4) is 0 Å². The molecule has 7 nitrogen and oxygen atoms in total. The summed E-state index contributed by atoms with van der Waals surface area (Å²) >= 11 is 0. The fourth-order valence-electron chi connectivity index (χ4n) is 3.15. The molecule has 3 heterocycles. The second kappa shape index (κ2) is 5.23. The van der Waals surface area contributed by atoms with E-state index in [0.29, 0.717) is 23.8 Å². The van der Waals surface area contributed by atoms with Crippen LogP contribution in [0.2, 0.25) is 0 Å². The summed E-state index contributed by atoms with van der Waals surface area (Å²) in [7, 11) is 0. The number of hydrogen-bond donors (Lipinski definition) is 3. The van der Waals surface area contributed by atoms with Crippen LogP contribution in [-0.4, -0.2) is 35.9 Å². The van der Waals surface area contributed by atoms with Gasteiger partial charge in [0.15, 0.2) is 5.82 Å². The Morgan fingerprint density at radius 2 is 2.19 bits per heavy atom. The van der Waals surface area contributed by atoms with E-state index in [1.54, 1.807) is 6.07 Å². The molecule has 112 valence electrons. The SMILES string of the molecule is NC(=O)c1ccc(N)c(N2CCC3NC(=O)CCC3C2)n1. The number of nitrogens with two attached hydrogens (primary N) is 2. The van der Waals surface area contributed by atoms with Crippen LogP contribution in [0.5, 0.6) is 0 Å². The number of aromatic nitrogens is 1. The highest BCUT2D eigenvalue weighted by Gasteiger charge is 2.34. The molecule has 2 amide bonds. The number of rotatable bonds is 2. The van der Waals surface area contributed by atoms with Gasteiger partial charge in [-0.3, -0.25) is 9.59 Å². The first-order chi connectivity index (χ1) is 10.0. The van der Waals surface area contributed by atoms with E-state index in [2.05, 4.69) is 15.2 Å². The molecule has 0 aromatic carbocycles. The Morgan fingerprint density at radius 3 is 2.95 bits per heavy atom. The maximum absolute atomic E-state index is 11.4. The highest BCUT2D eigenvalue weighted by Crippen LogP contribution is 2.30. The Balaban J connectivity index is 1.80. The summed E-state index contributed by atoms with van der Waals surface area (Å²) < 4.78 is 0. The predicted octanol–water partition coefficient (Wildman–Crippen LogP) is -0.132. The first-order valence-corrected chi connectivity index (χ1v) is 7.15. The minimum absolute atomic E-state index is 0.137. The molecule has 2 saturated heterocycles. The Labute approximate surface area is 122 Å². The third kappa shape index (κ3) is 2.63. The van der Waals surface area contributed by atoms with Crippen molar-refractivity contribution in [3.05, 3.63) is 17.8 Å². The summed E-state index contributed by atoms with van der Waals surface area (Å²) in [5.74, 6) is 0.589. The highest BCUT2D eigenvalue weighted by molar-refractivity contribution is 5.92. The van der Waals surface area contributed by atoms with Gasteiger partial charge in [-0.15, -0.1) is 0 Å². The quantitative estimate of drug-likeness (QED) is 0.701. The lowest BCUT2D eigenvalue weighted by molar-refractivity contribution is -0.124. The highest BCUT2D eigenvalue weighted by atomic mass is 16.2. The Kier molecular flexibility index (Phi) is 3.40. The minimum atomic E-state index is -0.559. The molecule has 1 aromatic rings. The van der Waals surface area contributed by atoms with Crippen LogP contribution in [0.15, 0.2) is 12.1 Å². The molecule has 0 aliphatic carbocycles. The number of anilines is 2. The van der Waals surface area contributed by atoms with Gasteiger partial charge in [0.1, 0.15) is 5.69 Å². The molecule has 0 radical (unpaired) electrons. The van der Waals surface area contributed by atoms with Gasteiger partial charge in [0.05, 0.1) is 5.69 Å². The molecular formula is C14H19N5O2. The standard InChI is InChI=1S/C14H19N5O2/c15-9-2-3-11(13(16)21)18-14(9)19-6-5-10-8(7-19)1-4-12(20)17-10/h2-3,8,10H,1,4-7,15H2,(H2,16,21)(H,17,20). The molecule has 0 saturated carbocycles. The van der Waals surface area contributed by atoms with E-state index in [0.717, 1.165) is 25.9 Å². The van der Waals surface area contributed by atoms with Crippen molar-refractivity contribution in [2.75, 3.05) is 23.7 Å². The van der Waals surface area contributed by atoms with Crippen LogP contribution in [0.25, 0.3) is 0 Å². The van der Waals surface area contributed by atoms with Gasteiger partial charge in [0.2, 0.25) is 5.91 Å². The maximum Gasteiger partial charge on any atom is 0.267 e. The summed E-state index contributed by atoms with van der Waals surface area (Å²) in [5, 5.41) is 3.04. The second-order valence-corrected chi connectivity index (χ2v) is 5.68. The van der Waals surface area contributed by atoms with Crippen LogP contribution in [0.4, 0.5) is 11.5 Å². The van der Waals surface area contributed by atoms with E-state index >= 15 is 0 Å². The molecule has 2 aliphatic heterocycles. The van der Waals surface area contributed by atoms with Crippen LogP contribution in [0.1, 0.15) is 29.8 Å². The normalized spacial score (nSPS) is 25.1. The molecule has 0 bridgehead atoms. The number of carbonyl (C=O) groups excluding carboxylic acids is 2. The Bertz CT molecular complexity index is 589. The van der Waals surface area contributed by atoms with Crippen LogP contribution in [0, 0.1) is 5.92 Å². The number of amides is 2. The monoisotopic (exact) mass is 289 g/mol. The topological polar surface area (TPSA) is 114 Å². The molecule has 7 heteroatoms. The number of hydrogen-bond acceptors (Lipinski definition) is 5. The van der Waals surface area contributed by atoms with E-state index in [-0.39, 0.29) is 17.6 Å². The zero-order valence-corrected chi connectivity index (χ0v) is 11.7. The number of nitrogens with one attached hydrogen (secondary N) is 1. The van der Waals surface area contributed by atoms with Crippen molar-refractivity contribution >= 4 is 23.3 Å². The van der Waals surface area contributed by atoms with E-state index in [1.807, 2.05) is 0 Å². The lowest BCUT2D eigenvalue weighted by Crippen LogP contribution is -2.54. The van der Waals surface area contributed by atoms with Crippen molar-refractivity contribution in [1.82, 2.24) is 10.3 Å². The lowest BCUT2D eigenvalue weighted by atomic mass is 9.85. The van der Waals surface area contributed by atoms with Crippen LogP contribution in [-0.2, 0) is 4.79 Å². The van der Waals surface area contributed by atoms with Crippen LogP contribution < -0.4 is 21.7 Å². The fraction of sp³-hybridized carbons (Fsp3) is 0.500. The smallest absolute Gasteiger partial charge is 0.267 e. The average molecular weight is 289 g/mol. The lowest BCUT2D eigenvalue weighted by Gasteiger charge is -2.42. The van der Waals surface area contributed by atoms with Gasteiger partial charge in [0.25, 0.3) is 5.91 Å². The molecule has 21 heavy (non-hydrogen) atoms. The van der Waals surface area contributed by atoms with Crippen molar-refractivity contribution in [2.45, 2.75) is 25.3 Å². The summed E-state index contributed by atoms with van der Waals surface area (Å²) in [4.78, 5) is 29.1. The number of primary amides is 1. The molecule has 2 unspecified atom stereocenters. The van der Waals surface area contributed by atoms with Gasteiger partial charge in [-0.1, -0.05) is 0 Å². The van der Waals surface area contributed by atoms with Gasteiger partial charge < -0.3 is 21.7 Å². The van der Waals surface area contributed by atoms with Gasteiger partial charge in [0, 0.05) is 25.6 Å². The van der Waals surface area contributed by atoms with Crippen molar-refractivity contribution in [2.24, 2.45) is 11.7 Å². The van der Waals surface area contributed by atoms with Crippen molar-refractivity contribution < 1.29 is 9.59 Å². The van der Waals surface area contributed by atoms with Crippen molar-refractivity contribution in [1.29, 1.82) is 0 Å². The van der Waals surface area contributed by atoms with Gasteiger partial charge >= 0.3 is 0 Å². The summed E-state index contributed by atoms with van der Waals surface area (Å²) in [6.07, 6.45) is 2.31. The summed E-state index contributed by atoms with van der Waals surface area (Å²) in [6.45, 7) is 1.53. The van der Waals surface area contributed by atoms with Gasteiger partial charge in [-0.2, -0.15) is 0 Å². The van der Waals surface area contributed by atoms with Crippen molar-refractivity contribution in [3.8, 4) is 0 Å². The molecule has 2 atom stereocenters.